The SMILES string of the molecule is CCC(c1nc2ccc(Cl)cc2n1-c1c(C=O)cccc1OC(F)F)N(C)C. The largest absolute Gasteiger partial charge is 0.433 e. The van der Waals surface area contributed by atoms with Crippen molar-refractivity contribution < 1.29 is 18.3 Å². The molecule has 1 aromatic heterocycles. The number of rotatable bonds is 7. The Bertz CT molecular complexity index is 1000. The molecule has 1 unspecified atom stereocenters. The molecule has 0 saturated heterocycles. The van der Waals surface area contributed by atoms with Crippen molar-refractivity contribution >= 4 is 28.9 Å². The van der Waals surface area contributed by atoms with E-state index in [1.807, 2.05) is 25.9 Å². The second-order valence-corrected chi connectivity index (χ2v) is 6.95. The molecular formula is C20H20ClF2N3O2. The minimum atomic E-state index is -3.03. The Kier molecular flexibility index (Phi) is 5.96. The van der Waals surface area contributed by atoms with Crippen LogP contribution in [0.15, 0.2) is 36.4 Å². The van der Waals surface area contributed by atoms with Crippen LogP contribution >= 0.6 is 11.6 Å². The number of hydrogen-bond acceptors (Lipinski definition) is 4. The molecule has 0 spiro atoms. The Morgan fingerprint density at radius 2 is 2.04 bits per heavy atom. The molecule has 3 rings (SSSR count). The van der Waals surface area contributed by atoms with Gasteiger partial charge in [-0.2, -0.15) is 8.78 Å². The third-order valence-corrected chi connectivity index (χ3v) is 4.78. The number of hydrogen-bond donors (Lipinski definition) is 0. The van der Waals surface area contributed by atoms with Gasteiger partial charge >= 0.3 is 6.61 Å². The monoisotopic (exact) mass is 407 g/mol. The summed E-state index contributed by atoms with van der Waals surface area (Å²) in [6, 6.07) is 9.51. The van der Waals surface area contributed by atoms with Gasteiger partial charge in [-0.1, -0.05) is 24.6 Å². The summed E-state index contributed by atoms with van der Waals surface area (Å²) in [4.78, 5) is 18.4. The molecule has 2 aromatic carbocycles. The van der Waals surface area contributed by atoms with Crippen molar-refractivity contribution in [1.29, 1.82) is 0 Å². The Labute approximate surface area is 166 Å². The van der Waals surface area contributed by atoms with Crippen molar-refractivity contribution in [3.63, 3.8) is 0 Å². The standard InChI is InChI=1S/C20H20ClF2N3O2/c1-4-15(25(2)3)19-24-14-9-8-13(21)10-16(14)26(19)18-12(11-27)6-5-7-17(18)28-20(22)23/h5-11,15,20H,4H2,1-3H3. The molecule has 0 bridgehead atoms. The lowest BCUT2D eigenvalue weighted by Crippen LogP contribution is -2.23. The quantitative estimate of drug-likeness (QED) is 0.511. The number of fused-ring (bicyclic) bond motifs is 1. The van der Waals surface area contributed by atoms with Crippen LogP contribution in [0.25, 0.3) is 16.7 Å². The maximum atomic E-state index is 13.0. The van der Waals surface area contributed by atoms with Crippen LogP contribution in [0.5, 0.6) is 5.75 Å². The van der Waals surface area contributed by atoms with E-state index in [2.05, 4.69) is 0 Å². The van der Waals surface area contributed by atoms with Crippen LogP contribution in [0.1, 0.15) is 35.6 Å². The number of aromatic nitrogens is 2. The third kappa shape index (κ3) is 3.72. The summed E-state index contributed by atoms with van der Waals surface area (Å²) < 4.78 is 32.5. The first-order chi connectivity index (χ1) is 13.4. The fraction of sp³-hybridized carbons (Fsp3) is 0.300. The number of carbonyl (C=O) groups is 1. The molecule has 0 amide bonds. The topological polar surface area (TPSA) is 47.4 Å². The molecule has 0 fully saturated rings. The van der Waals surface area contributed by atoms with Crippen LogP contribution in [0.2, 0.25) is 5.02 Å². The molecule has 0 saturated carbocycles. The van der Waals surface area contributed by atoms with Gasteiger partial charge in [0, 0.05) is 10.6 Å². The Morgan fingerprint density at radius 3 is 2.64 bits per heavy atom. The smallest absolute Gasteiger partial charge is 0.387 e. The Hall–Kier alpha value is -2.51. The number of alkyl halides is 2. The molecule has 28 heavy (non-hydrogen) atoms. The maximum Gasteiger partial charge on any atom is 0.387 e. The molecule has 0 aliphatic rings. The molecule has 0 aliphatic heterocycles. The predicted molar refractivity (Wildman–Crippen MR) is 105 cm³/mol. The molecule has 148 valence electrons. The zero-order valence-corrected chi connectivity index (χ0v) is 16.5. The number of carbonyl (C=O) groups excluding carboxylic acids is 1. The third-order valence-electron chi connectivity index (χ3n) is 4.55. The molecule has 3 aromatic rings. The van der Waals surface area contributed by atoms with Gasteiger partial charge in [0.25, 0.3) is 0 Å². The fourth-order valence-electron chi connectivity index (χ4n) is 3.37. The van der Waals surface area contributed by atoms with Gasteiger partial charge in [-0.05, 0) is 50.8 Å². The zero-order valence-electron chi connectivity index (χ0n) is 15.7. The molecule has 0 N–H and O–H groups in total. The number of benzene rings is 2. The lowest BCUT2D eigenvalue weighted by molar-refractivity contribution is -0.0498. The van der Waals surface area contributed by atoms with Crippen molar-refractivity contribution in [2.24, 2.45) is 0 Å². The van der Waals surface area contributed by atoms with Crippen LogP contribution in [0, 0.1) is 0 Å². The zero-order chi connectivity index (χ0) is 20.4. The molecule has 8 heteroatoms. The minimum Gasteiger partial charge on any atom is -0.433 e. The van der Waals surface area contributed by atoms with E-state index in [9.17, 15) is 13.6 Å². The van der Waals surface area contributed by atoms with Crippen molar-refractivity contribution in [3.8, 4) is 11.4 Å². The van der Waals surface area contributed by atoms with E-state index in [1.165, 1.54) is 12.1 Å². The summed E-state index contributed by atoms with van der Waals surface area (Å²) in [7, 11) is 3.82. The van der Waals surface area contributed by atoms with E-state index in [1.54, 1.807) is 28.8 Å². The van der Waals surface area contributed by atoms with Crippen LogP contribution in [0.3, 0.4) is 0 Å². The normalized spacial score (nSPS) is 12.7. The number of para-hydroxylation sites is 1. The summed E-state index contributed by atoms with van der Waals surface area (Å²) in [5, 5.41) is 0.470. The van der Waals surface area contributed by atoms with E-state index >= 15 is 0 Å². The highest BCUT2D eigenvalue weighted by Crippen LogP contribution is 2.36. The van der Waals surface area contributed by atoms with Gasteiger partial charge in [0.2, 0.25) is 0 Å². The summed E-state index contributed by atoms with van der Waals surface area (Å²) >= 11 is 6.19. The second-order valence-electron chi connectivity index (χ2n) is 6.52. The molecule has 0 aliphatic carbocycles. The van der Waals surface area contributed by atoms with Crippen LogP contribution in [0.4, 0.5) is 8.78 Å². The number of ether oxygens (including phenoxy) is 1. The van der Waals surface area contributed by atoms with E-state index in [0.717, 1.165) is 6.42 Å². The van der Waals surface area contributed by atoms with Crippen molar-refractivity contribution in [2.45, 2.75) is 26.0 Å². The van der Waals surface area contributed by atoms with Gasteiger partial charge < -0.3 is 4.74 Å². The Balaban J connectivity index is 2.42. The van der Waals surface area contributed by atoms with Crippen molar-refractivity contribution in [1.82, 2.24) is 14.5 Å². The van der Waals surface area contributed by atoms with Crippen LogP contribution in [-0.2, 0) is 0 Å². The van der Waals surface area contributed by atoms with Gasteiger partial charge in [-0.25, -0.2) is 4.98 Å². The summed E-state index contributed by atoms with van der Waals surface area (Å²) in [6.45, 7) is -1.03. The number of halogens is 3. The molecule has 5 nitrogen and oxygen atoms in total. The summed E-state index contributed by atoms with van der Waals surface area (Å²) in [5.74, 6) is 0.506. The van der Waals surface area contributed by atoms with Crippen molar-refractivity contribution in [3.05, 3.63) is 52.8 Å². The first-order valence-electron chi connectivity index (χ1n) is 8.75. The minimum absolute atomic E-state index is 0.103. The lowest BCUT2D eigenvalue weighted by Gasteiger charge is -2.25. The molecule has 1 atom stereocenters. The van der Waals surface area contributed by atoms with Crippen molar-refractivity contribution in [2.75, 3.05) is 14.1 Å². The first-order valence-corrected chi connectivity index (χ1v) is 9.12. The van der Waals surface area contributed by atoms with Crippen LogP contribution in [-0.4, -0.2) is 41.4 Å². The molecule has 0 radical (unpaired) electrons. The predicted octanol–water partition coefficient (Wildman–Crippen LogP) is 5.11. The van der Waals surface area contributed by atoms with Gasteiger partial charge in [-0.3, -0.25) is 14.3 Å². The highest BCUT2D eigenvalue weighted by Gasteiger charge is 2.26. The summed E-state index contributed by atoms with van der Waals surface area (Å²) in [5.41, 5.74) is 1.68. The average Bonchev–Trinajstić information content (AvgIpc) is 2.99. The Morgan fingerprint density at radius 1 is 1.29 bits per heavy atom. The highest BCUT2D eigenvalue weighted by molar-refractivity contribution is 6.31. The first kappa shape index (κ1) is 20.2. The maximum absolute atomic E-state index is 13.0. The fourth-order valence-corrected chi connectivity index (χ4v) is 3.54. The number of aldehydes is 1. The molecular weight excluding hydrogens is 388 g/mol. The van der Waals surface area contributed by atoms with E-state index in [0.29, 0.717) is 28.2 Å². The van der Waals surface area contributed by atoms with Gasteiger partial charge in [0.05, 0.1) is 17.1 Å². The average molecular weight is 408 g/mol. The van der Waals surface area contributed by atoms with Crippen LogP contribution < -0.4 is 4.74 Å². The van der Waals surface area contributed by atoms with E-state index in [4.69, 9.17) is 21.3 Å². The van der Waals surface area contributed by atoms with E-state index in [-0.39, 0.29) is 23.0 Å². The van der Waals surface area contributed by atoms with Gasteiger partial charge in [0.15, 0.2) is 12.0 Å². The highest BCUT2D eigenvalue weighted by atomic mass is 35.5. The summed E-state index contributed by atoms with van der Waals surface area (Å²) in [6.07, 6.45) is 1.34. The molecule has 1 heterocycles. The number of nitrogens with zero attached hydrogens (tertiary/aromatic N) is 3. The van der Waals surface area contributed by atoms with E-state index < -0.39 is 6.61 Å². The number of imidazole rings is 1. The van der Waals surface area contributed by atoms with Gasteiger partial charge in [0.1, 0.15) is 11.5 Å². The second kappa shape index (κ2) is 8.24. The van der Waals surface area contributed by atoms with Gasteiger partial charge in [-0.15, -0.1) is 0 Å². The lowest BCUT2D eigenvalue weighted by atomic mass is 10.1.